The molecule has 0 heterocycles. The highest BCUT2D eigenvalue weighted by atomic mass is 32.2. The fraction of sp³-hybridized carbons (Fsp3) is 0.704. The van der Waals surface area contributed by atoms with Crippen LogP contribution in [0.1, 0.15) is 108 Å². The van der Waals surface area contributed by atoms with Gasteiger partial charge in [0.05, 0.1) is 17.9 Å². The fourth-order valence-electron chi connectivity index (χ4n) is 4.02. The summed E-state index contributed by atoms with van der Waals surface area (Å²) < 4.78 is 27.9. The molecule has 0 bridgehead atoms. The minimum absolute atomic E-state index is 0.0750. The maximum absolute atomic E-state index is 13.1. The third-order valence-electron chi connectivity index (χ3n) is 5.98. The van der Waals surface area contributed by atoms with Crippen molar-refractivity contribution >= 4 is 10.0 Å². The van der Waals surface area contributed by atoms with Crippen LogP contribution in [0.2, 0.25) is 0 Å². The highest BCUT2D eigenvalue weighted by Gasteiger charge is 2.21. The van der Waals surface area contributed by atoms with Crippen LogP contribution >= 0.6 is 0 Å². The summed E-state index contributed by atoms with van der Waals surface area (Å²) in [4.78, 5) is 0. The number of hydrogen-bond acceptors (Lipinski definition) is 4. The van der Waals surface area contributed by atoms with Crippen molar-refractivity contribution in [3.05, 3.63) is 35.9 Å². The van der Waals surface area contributed by atoms with Gasteiger partial charge in [0.25, 0.3) is 0 Å². The van der Waals surface area contributed by atoms with Gasteiger partial charge in [-0.2, -0.15) is 10.5 Å². The molecule has 0 unspecified atom stereocenters. The molecule has 0 radical (unpaired) electrons. The van der Waals surface area contributed by atoms with Crippen LogP contribution in [0.3, 0.4) is 0 Å². The molecule has 33 heavy (non-hydrogen) atoms. The Morgan fingerprint density at radius 3 is 1.42 bits per heavy atom. The van der Waals surface area contributed by atoms with Gasteiger partial charge in [-0.25, -0.2) is 12.7 Å². The summed E-state index contributed by atoms with van der Waals surface area (Å²) in [6, 6.07) is 13.8. The number of nitrogens with zero attached hydrogens (tertiary/aromatic N) is 3. The third-order valence-corrected chi connectivity index (χ3v) is 7.83. The first kappa shape index (κ1) is 29.1. The average Bonchev–Trinajstić information content (AvgIpc) is 2.80. The number of sulfonamides is 1. The summed E-state index contributed by atoms with van der Waals surface area (Å²) in [6.45, 7) is 1.22. The first-order chi connectivity index (χ1) is 16.1. The second-order valence-electron chi connectivity index (χ2n) is 8.91. The maximum Gasteiger partial charge on any atom is 0.218 e. The number of hydrogen-bond donors (Lipinski definition) is 0. The van der Waals surface area contributed by atoms with E-state index >= 15 is 0 Å². The highest BCUT2D eigenvalue weighted by molar-refractivity contribution is 7.88. The van der Waals surface area contributed by atoms with Crippen molar-refractivity contribution in [3.63, 3.8) is 0 Å². The van der Waals surface area contributed by atoms with Crippen molar-refractivity contribution in [2.45, 2.75) is 108 Å². The Morgan fingerprint density at radius 2 is 1.00 bits per heavy atom. The SMILES string of the molecule is N#CCCCCCCCCCN(CCCCCCCCCC#N)S(=O)(=O)Cc1ccccc1. The van der Waals surface area contributed by atoms with E-state index in [4.69, 9.17) is 10.5 Å². The lowest BCUT2D eigenvalue weighted by atomic mass is 10.1. The lowest BCUT2D eigenvalue weighted by molar-refractivity contribution is 0.382. The van der Waals surface area contributed by atoms with E-state index in [2.05, 4.69) is 12.1 Å². The molecular formula is C27H43N3O2S. The van der Waals surface area contributed by atoms with E-state index in [-0.39, 0.29) is 5.75 Å². The van der Waals surface area contributed by atoms with Crippen LogP contribution in [0.25, 0.3) is 0 Å². The Balaban J connectivity index is 2.39. The molecule has 0 saturated heterocycles. The van der Waals surface area contributed by atoms with Crippen LogP contribution in [0.15, 0.2) is 30.3 Å². The van der Waals surface area contributed by atoms with Crippen LogP contribution < -0.4 is 0 Å². The van der Waals surface area contributed by atoms with Crippen molar-refractivity contribution in [1.82, 2.24) is 4.31 Å². The molecule has 0 aromatic heterocycles. The van der Waals surface area contributed by atoms with Crippen molar-refractivity contribution < 1.29 is 8.42 Å². The van der Waals surface area contributed by atoms with Gasteiger partial charge in [0.2, 0.25) is 10.0 Å². The Bertz CT molecular complexity index is 750. The molecule has 0 aliphatic rings. The van der Waals surface area contributed by atoms with Crippen molar-refractivity contribution in [1.29, 1.82) is 10.5 Å². The van der Waals surface area contributed by atoms with Gasteiger partial charge in [-0.3, -0.25) is 0 Å². The van der Waals surface area contributed by atoms with Gasteiger partial charge >= 0.3 is 0 Å². The summed E-state index contributed by atoms with van der Waals surface area (Å²) in [5.41, 5.74) is 0.845. The van der Waals surface area contributed by atoms with E-state index in [0.717, 1.165) is 95.5 Å². The van der Waals surface area contributed by atoms with Crippen molar-refractivity contribution in [2.24, 2.45) is 0 Å². The van der Waals surface area contributed by atoms with Crippen LogP contribution in [0, 0.1) is 22.7 Å². The maximum atomic E-state index is 13.1. The molecule has 6 heteroatoms. The van der Waals surface area contributed by atoms with Gasteiger partial charge in [0, 0.05) is 25.9 Å². The van der Waals surface area contributed by atoms with Gasteiger partial charge < -0.3 is 0 Å². The monoisotopic (exact) mass is 473 g/mol. The zero-order valence-electron chi connectivity index (χ0n) is 20.4. The van der Waals surface area contributed by atoms with Crippen LogP contribution in [0.5, 0.6) is 0 Å². The fourth-order valence-corrected chi connectivity index (χ4v) is 5.63. The molecule has 0 atom stereocenters. The number of unbranched alkanes of at least 4 members (excludes halogenated alkanes) is 14. The summed E-state index contributed by atoms with van der Waals surface area (Å²) in [5, 5.41) is 17.2. The van der Waals surface area contributed by atoms with Crippen molar-refractivity contribution in [2.75, 3.05) is 13.1 Å². The molecule has 0 fully saturated rings. The van der Waals surface area contributed by atoms with Gasteiger partial charge in [0.1, 0.15) is 0 Å². The Morgan fingerprint density at radius 1 is 0.606 bits per heavy atom. The van der Waals surface area contributed by atoms with Gasteiger partial charge in [-0.05, 0) is 31.2 Å². The standard InChI is InChI=1S/C27H43N3O2S/c28-22-16-9-5-1-3-7-11-18-24-30(25-19-12-8-4-2-6-10-17-23-29)33(31,32)26-27-20-14-13-15-21-27/h13-15,20-21H,1-12,16-19,24-26H2. The number of benzene rings is 1. The molecular weight excluding hydrogens is 430 g/mol. The largest absolute Gasteiger partial charge is 0.218 e. The van der Waals surface area contributed by atoms with E-state index in [1.54, 1.807) is 4.31 Å². The minimum atomic E-state index is -3.32. The van der Waals surface area contributed by atoms with Gasteiger partial charge in [-0.1, -0.05) is 94.5 Å². The molecule has 0 aliphatic carbocycles. The zero-order valence-corrected chi connectivity index (χ0v) is 21.2. The molecule has 0 N–H and O–H groups in total. The smallest absolute Gasteiger partial charge is 0.212 e. The zero-order chi connectivity index (χ0) is 24.0. The van der Waals surface area contributed by atoms with E-state index in [1.807, 2.05) is 30.3 Å². The van der Waals surface area contributed by atoms with Gasteiger partial charge in [-0.15, -0.1) is 0 Å². The second-order valence-corrected chi connectivity index (χ2v) is 10.9. The summed E-state index contributed by atoms with van der Waals surface area (Å²) in [6.07, 6.45) is 16.3. The van der Waals surface area contributed by atoms with Crippen LogP contribution in [0.4, 0.5) is 0 Å². The summed E-state index contributed by atoms with van der Waals surface area (Å²) >= 11 is 0. The first-order valence-corrected chi connectivity index (χ1v) is 14.5. The average molecular weight is 474 g/mol. The van der Waals surface area contributed by atoms with E-state index in [0.29, 0.717) is 25.9 Å². The molecule has 1 rings (SSSR count). The van der Waals surface area contributed by atoms with E-state index in [9.17, 15) is 8.42 Å². The summed E-state index contributed by atoms with van der Waals surface area (Å²) in [5.74, 6) is 0.0750. The van der Waals surface area contributed by atoms with Crippen molar-refractivity contribution in [3.8, 4) is 12.1 Å². The Labute approximate surface area is 202 Å². The molecule has 0 spiro atoms. The molecule has 1 aromatic rings. The number of rotatable bonds is 21. The molecule has 1 aromatic carbocycles. The van der Waals surface area contributed by atoms with Crippen LogP contribution in [-0.2, 0) is 15.8 Å². The predicted octanol–water partition coefficient (Wildman–Crippen LogP) is 7.11. The molecule has 0 aliphatic heterocycles. The minimum Gasteiger partial charge on any atom is -0.212 e. The Kier molecular flexibility index (Phi) is 17.3. The molecule has 0 amide bonds. The lowest BCUT2D eigenvalue weighted by Gasteiger charge is -2.22. The molecule has 0 saturated carbocycles. The summed E-state index contributed by atoms with van der Waals surface area (Å²) in [7, 11) is -3.32. The quantitative estimate of drug-likeness (QED) is 0.178. The second kappa shape index (κ2) is 19.6. The molecule has 184 valence electrons. The van der Waals surface area contributed by atoms with Gasteiger partial charge in [0.15, 0.2) is 0 Å². The lowest BCUT2D eigenvalue weighted by Crippen LogP contribution is -2.34. The predicted molar refractivity (Wildman–Crippen MR) is 136 cm³/mol. The number of nitriles is 2. The van der Waals surface area contributed by atoms with E-state index < -0.39 is 10.0 Å². The Hall–Kier alpha value is -1.89. The molecule has 5 nitrogen and oxygen atoms in total. The topological polar surface area (TPSA) is 85.0 Å². The normalized spacial score (nSPS) is 11.4. The van der Waals surface area contributed by atoms with Crippen LogP contribution in [-0.4, -0.2) is 25.8 Å². The third kappa shape index (κ3) is 15.6. The van der Waals surface area contributed by atoms with E-state index in [1.165, 1.54) is 0 Å². The first-order valence-electron chi connectivity index (χ1n) is 12.9. The highest BCUT2D eigenvalue weighted by Crippen LogP contribution is 2.16.